The summed E-state index contributed by atoms with van der Waals surface area (Å²) in [4.78, 5) is 22.1. The molecule has 0 aromatic heterocycles. The molecule has 80 valence electrons. The molecular weight excluding hydrogens is 196 g/mol. The first-order valence-corrected chi connectivity index (χ1v) is 4.43. The molecule has 0 bridgehead atoms. The quantitative estimate of drug-likeness (QED) is 0.731. The molecule has 1 rings (SSSR count). The fourth-order valence-electron chi connectivity index (χ4n) is 1.33. The van der Waals surface area contributed by atoms with Crippen LogP contribution in [0.25, 0.3) is 0 Å². The maximum Gasteiger partial charge on any atom is 0.340 e. The molecular formula is C11H12O4. The minimum absolute atomic E-state index is 0.116. The van der Waals surface area contributed by atoms with Gasteiger partial charge in [0.05, 0.1) is 0 Å². The van der Waals surface area contributed by atoms with Crippen molar-refractivity contribution in [1.82, 2.24) is 0 Å². The van der Waals surface area contributed by atoms with Crippen molar-refractivity contribution in [3.63, 3.8) is 0 Å². The third kappa shape index (κ3) is 2.05. The van der Waals surface area contributed by atoms with Gasteiger partial charge in [0.2, 0.25) is 0 Å². The summed E-state index contributed by atoms with van der Waals surface area (Å²) in [7, 11) is 0. The largest absolute Gasteiger partial charge is 0.479 e. The van der Waals surface area contributed by atoms with Gasteiger partial charge < -0.3 is 10.2 Å². The minimum Gasteiger partial charge on any atom is -0.479 e. The maximum absolute atomic E-state index is 11.2. The van der Waals surface area contributed by atoms with Gasteiger partial charge in [-0.25, -0.2) is 4.79 Å². The molecule has 4 nitrogen and oxygen atoms in total. The number of aliphatic carboxylic acids is 1. The van der Waals surface area contributed by atoms with Gasteiger partial charge in [-0.15, -0.1) is 0 Å². The minimum atomic E-state index is -2.04. The smallest absolute Gasteiger partial charge is 0.340 e. The Balaban J connectivity index is 3.37. The van der Waals surface area contributed by atoms with E-state index in [4.69, 9.17) is 5.11 Å². The van der Waals surface area contributed by atoms with Gasteiger partial charge in [-0.1, -0.05) is 24.3 Å². The fourth-order valence-corrected chi connectivity index (χ4v) is 1.33. The van der Waals surface area contributed by atoms with E-state index in [-0.39, 0.29) is 16.9 Å². The summed E-state index contributed by atoms with van der Waals surface area (Å²) in [5, 5.41) is 18.6. The van der Waals surface area contributed by atoms with Crippen molar-refractivity contribution in [3.8, 4) is 0 Å². The Bertz CT molecular complexity index is 407. The van der Waals surface area contributed by atoms with Gasteiger partial charge in [-0.3, -0.25) is 4.79 Å². The van der Waals surface area contributed by atoms with E-state index in [2.05, 4.69) is 0 Å². The van der Waals surface area contributed by atoms with Crippen LogP contribution in [0.15, 0.2) is 24.3 Å². The molecule has 0 radical (unpaired) electrons. The second-order valence-corrected chi connectivity index (χ2v) is 3.48. The van der Waals surface area contributed by atoms with Crippen LogP contribution in [0, 0.1) is 0 Å². The lowest BCUT2D eigenvalue weighted by atomic mass is 9.90. The van der Waals surface area contributed by atoms with Gasteiger partial charge in [0.25, 0.3) is 0 Å². The Morgan fingerprint density at radius 3 is 2.27 bits per heavy atom. The second-order valence-electron chi connectivity index (χ2n) is 3.48. The van der Waals surface area contributed by atoms with Crippen LogP contribution in [0.4, 0.5) is 0 Å². The fraction of sp³-hybridized carbons (Fsp3) is 0.273. The lowest BCUT2D eigenvalue weighted by Gasteiger charge is -2.20. The van der Waals surface area contributed by atoms with E-state index in [1.165, 1.54) is 19.1 Å². The van der Waals surface area contributed by atoms with Crippen molar-refractivity contribution in [2.75, 3.05) is 0 Å². The highest BCUT2D eigenvalue weighted by Gasteiger charge is 2.34. The van der Waals surface area contributed by atoms with Gasteiger partial charge in [-0.05, 0) is 13.8 Å². The summed E-state index contributed by atoms with van der Waals surface area (Å²) in [6.45, 7) is 2.48. The first-order valence-electron chi connectivity index (χ1n) is 4.43. The van der Waals surface area contributed by atoms with E-state index in [0.29, 0.717) is 0 Å². The van der Waals surface area contributed by atoms with Crippen LogP contribution < -0.4 is 0 Å². The predicted molar refractivity (Wildman–Crippen MR) is 53.7 cm³/mol. The zero-order valence-electron chi connectivity index (χ0n) is 8.52. The predicted octanol–water partition coefficient (Wildman–Crippen LogP) is 1.18. The normalized spacial score (nSPS) is 14.3. The molecule has 0 saturated heterocycles. The number of Topliss-reactive ketones (excluding diaryl/α,β-unsaturated/α-hetero) is 1. The summed E-state index contributed by atoms with van der Waals surface area (Å²) in [5.74, 6) is -1.65. The molecule has 0 aliphatic carbocycles. The van der Waals surface area contributed by atoms with Crippen molar-refractivity contribution in [2.45, 2.75) is 19.4 Å². The van der Waals surface area contributed by atoms with E-state index in [0.717, 1.165) is 6.92 Å². The Labute approximate surface area is 87.2 Å². The molecule has 0 heterocycles. The van der Waals surface area contributed by atoms with E-state index in [9.17, 15) is 14.7 Å². The van der Waals surface area contributed by atoms with Crippen molar-refractivity contribution >= 4 is 11.8 Å². The van der Waals surface area contributed by atoms with Crippen molar-refractivity contribution in [3.05, 3.63) is 35.4 Å². The Morgan fingerprint density at radius 2 is 1.80 bits per heavy atom. The molecule has 0 fully saturated rings. The summed E-state index contributed by atoms with van der Waals surface area (Å²) in [6.07, 6.45) is 0. The molecule has 1 aromatic carbocycles. The van der Waals surface area contributed by atoms with Crippen molar-refractivity contribution in [2.24, 2.45) is 0 Å². The number of rotatable bonds is 3. The Hall–Kier alpha value is -1.68. The van der Waals surface area contributed by atoms with E-state index in [1.54, 1.807) is 12.1 Å². The van der Waals surface area contributed by atoms with Crippen LogP contribution in [-0.2, 0) is 10.4 Å². The average Bonchev–Trinajstić information content (AvgIpc) is 2.17. The first-order chi connectivity index (χ1) is 6.87. The van der Waals surface area contributed by atoms with Gasteiger partial charge in [0, 0.05) is 11.1 Å². The summed E-state index contributed by atoms with van der Waals surface area (Å²) in [5.41, 5.74) is -1.70. The van der Waals surface area contributed by atoms with Crippen LogP contribution in [-0.4, -0.2) is 22.0 Å². The molecule has 0 aliphatic heterocycles. The second kappa shape index (κ2) is 3.82. The van der Waals surface area contributed by atoms with E-state index < -0.39 is 11.6 Å². The molecule has 4 heteroatoms. The maximum atomic E-state index is 11.2. The summed E-state index contributed by atoms with van der Waals surface area (Å²) >= 11 is 0. The summed E-state index contributed by atoms with van der Waals surface area (Å²) < 4.78 is 0. The molecule has 15 heavy (non-hydrogen) atoms. The number of carboxylic acids is 1. The number of carbonyl (C=O) groups is 2. The van der Waals surface area contributed by atoms with E-state index >= 15 is 0 Å². The van der Waals surface area contributed by atoms with Crippen LogP contribution in [0.1, 0.15) is 29.8 Å². The highest BCUT2D eigenvalue weighted by atomic mass is 16.4. The molecule has 1 aromatic rings. The zero-order valence-corrected chi connectivity index (χ0v) is 8.52. The standard InChI is InChI=1S/C11H12O4/c1-7(12)8-5-3-4-6-9(8)11(2,15)10(13)14/h3-6,15H,1-2H3,(H,13,14). The molecule has 1 unspecified atom stereocenters. The molecule has 0 spiro atoms. The zero-order chi connectivity index (χ0) is 11.6. The molecule has 0 aliphatic rings. The number of hydrogen-bond acceptors (Lipinski definition) is 3. The van der Waals surface area contributed by atoms with Gasteiger partial charge in [-0.2, -0.15) is 0 Å². The first kappa shape index (κ1) is 11.4. The number of carboxylic acid groups (broad SMARTS) is 1. The Kier molecular flexibility index (Phi) is 2.90. The van der Waals surface area contributed by atoms with Crippen LogP contribution >= 0.6 is 0 Å². The van der Waals surface area contributed by atoms with Gasteiger partial charge in [0.1, 0.15) is 0 Å². The van der Waals surface area contributed by atoms with Gasteiger partial charge in [0.15, 0.2) is 11.4 Å². The van der Waals surface area contributed by atoms with E-state index in [1.807, 2.05) is 0 Å². The molecule has 0 amide bonds. The number of benzene rings is 1. The SMILES string of the molecule is CC(=O)c1ccccc1C(C)(O)C(=O)O. The Morgan fingerprint density at radius 1 is 1.27 bits per heavy atom. The monoisotopic (exact) mass is 208 g/mol. The molecule has 0 saturated carbocycles. The number of hydrogen-bond donors (Lipinski definition) is 2. The third-order valence-electron chi connectivity index (χ3n) is 2.25. The highest BCUT2D eigenvalue weighted by Crippen LogP contribution is 2.24. The average molecular weight is 208 g/mol. The third-order valence-corrected chi connectivity index (χ3v) is 2.25. The molecule has 2 N–H and O–H groups in total. The number of ketones is 1. The highest BCUT2D eigenvalue weighted by molar-refractivity contribution is 5.97. The van der Waals surface area contributed by atoms with Crippen LogP contribution in [0.3, 0.4) is 0 Å². The topological polar surface area (TPSA) is 74.6 Å². The molecule has 1 atom stereocenters. The lowest BCUT2D eigenvalue weighted by Crippen LogP contribution is -2.33. The van der Waals surface area contributed by atoms with Crippen LogP contribution in [0.2, 0.25) is 0 Å². The summed E-state index contributed by atoms with van der Waals surface area (Å²) in [6, 6.07) is 6.14. The van der Waals surface area contributed by atoms with Gasteiger partial charge >= 0.3 is 5.97 Å². The number of carbonyl (C=O) groups excluding carboxylic acids is 1. The van der Waals surface area contributed by atoms with Crippen LogP contribution in [0.5, 0.6) is 0 Å². The number of aliphatic hydroxyl groups is 1. The van der Waals surface area contributed by atoms with Crippen molar-refractivity contribution < 1.29 is 19.8 Å². The lowest BCUT2D eigenvalue weighted by molar-refractivity contribution is -0.157. The van der Waals surface area contributed by atoms with Crippen molar-refractivity contribution in [1.29, 1.82) is 0 Å².